The first-order valence-corrected chi connectivity index (χ1v) is 9.75. The van der Waals surface area contributed by atoms with Gasteiger partial charge >= 0.3 is 0 Å². The van der Waals surface area contributed by atoms with Crippen molar-refractivity contribution in [1.29, 1.82) is 0 Å². The lowest BCUT2D eigenvalue weighted by atomic mass is 9.72. The number of hydrazone groups is 1. The van der Waals surface area contributed by atoms with Crippen molar-refractivity contribution in [2.75, 3.05) is 39.4 Å². The molecule has 6 heteroatoms. The van der Waals surface area contributed by atoms with Crippen molar-refractivity contribution < 1.29 is 4.74 Å². The van der Waals surface area contributed by atoms with E-state index in [1.807, 2.05) is 0 Å². The molecule has 0 radical (unpaired) electrons. The van der Waals surface area contributed by atoms with Gasteiger partial charge in [0.1, 0.15) is 0 Å². The second-order valence-corrected chi connectivity index (χ2v) is 8.40. The van der Waals surface area contributed by atoms with Crippen LogP contribution in [0.25, 0.3) is 0 Å². The highest BCUT2D eigenvalue weighted by Crippen LogP contribution is 2.36. The predicted molar refractivity (Wildman–Crippen MR) is 104 cm³/mol. The van der Waals surface area contributed by atoms with Gasteiger partial charge in [0.2, 0.25) is 0 Å². The summed E-state index contributed by atoms with van der Waals surface area (Å²) in [4.78, 5) is 2.44. The van der Waals surface area contributed by atoms with E-state index in [9.17, 15) is 0 Å². The summed E-state index contributed by atoms with van der Waals surface area (Å²) in [5.41, 5.74) is 4.69. The van der Waals surface area contributed by atoms with Crippen molar-refractivity contribution in [3.63, 3.8) is 0 Å². The molecule has 1 aliphatic heterocycles. The molecule has 1 saturated carbocycles. The van der Waals surface area contributed by atoms with Gasteiger partial charge in [-0.25, -0.2) is 0 Å². The van der Waals surface area contributed by atoms with Crippen LogP contribution in [-0.2, 0) is 4.74 Å². The minimum atomic E-state index is 0.413. The molecule has 5 nitrogen and oxygen atoms in total. The van der Waals surface area contributed by atoms with Gasteiger partial charge in [-0.05, 0) is 62.2 Å². The fourth-order valence-corrected chi connectivity index (χ4v) is 3.58. The third kappa shape index (κ3) is 7.03. The van der Waals surface area contributed by atoms with Crippen molar-refractivity contribution in [2.45, 2.75) is 52.9 Å². The Kier molecular flexibility index (Phi) is 7.91. The van der Waals surface area contributed by atoms with Gasteiger partial charge in [-0.1, -0.05) is 20.8 Å². The molecule has 2 N–H and O–H groups in total. The molecule has 1 heterocycles. The van der Waals surface area contributed by atoms with E-state index in [0.29, 0.717) is 10.5 Å². The van der Waals surface area contributed by atoms with Crippen molar-refractivity contribution >= 4 is 23.0 Å². The topological polar surface area (TPSA) is 48.9 Å². The second kappa shape index (κ2) is 9.68. The number of ether oxygens (including phenoxy) is 1. The summed E-state index contributed by atoms with van der Waals surface area (Å²) in [6.45, 7) is 12.8. The minimum absolute atomic E-state index is 0.413. The number of nitrogens with zero attached hydrogens (tertiary/aromatic N) is 2. The van der Waals surface area contributed by atoms with Crippen LogP contribution in [-0.4, -0.2) is 55.1 Å². The maximum atomic E-state index is 5.36. The molecule has 1 saturated heterocycles. The molecule has 2 fully saturated rings. The van der Waals surface area contributed by atoms with E-state index < -0.39 is 0 Å². The lowest BCUT2D eigenvalue weighted by Crippen LogP contribution is -2.39. The molecule has 24 heavy (non-hydrogen) atoms. The number of thiocarbonyl (C=S) groups is 1. The van der Waals surface area contributed by atoms with Crippen LogP contribution in [0.2, 0.25) is 0 Å². The summed E-state index contributed by atoms with van der Waals surface area (Å²) in [7, 11) is 0. The highest BCUT2D eigenvalue weighted by atomic mass is 32.1. The number of hydrogen-bond donors (Lipinski definition) is 2. The molecule has 138 valence electrons. The maximum absolute atomic E-state index is 5.36. The Morgan fingerprint density at radius 2 is 1.92 bits per heavy atom. The van der Waals surface area contributed by atoms with Crippen molar-refractivity contribution in [2.24, 2.45) is 16.4 Å². The predicted octanol–water partition coefficient (Wildman–Crippen LogP) is 2.77. The average molecular weight is 355 g/mol. The fraction of sp³-hybridized carbons (Fsp3) is 0.889. The van der Waals surface area contributed by atoms with Gasteiger partial charge in [-0.3, -0.25) is 10.3 Å². The van der Waals surface area contributed by atoms with E-state index in [1.165, 1.54) is 18.6 Å². The van der Waals surface area contributed by atoms with Gasteiger partial charge in [0.25, 0.3) is 0 Å². The SMILES string of the molecule is CC(C)(C)C1CCC(=NNC(=S)NCCCN2CCOCC2)CC1. The summed E-state index contributed by atoms with van der Waals surface area (Å²) in [6.07, 6.45) is 5.75. The van der Waals surface area contributed by atoms with E-state index in [4.69, 9.17) is 17.0 Å². The fourth-order valence-electron chi connectivity index (χ4n) is 3.43. The molecule has 0 aromatic rings. The Balaban J connectivity index is 1.56. The molecule has 2 aliphatic rings. The first kappa shape index (κ1) is 19.6. The van der Waals surface area contributed by atoms with Crippen molar-refractivity contribution in [3.05, 3.63) is 0 Å². The van der Waals surface area contributed by atoms with Crippen LogP contribution >= 0.6 is 12.2 Å². The number of rotatable bonds is 5. The van der Waals surface area contributed by atoms with Crippen LogP contribution in [0.5, 0.6) is 0 Å². The zero-order chi connectivity index (χ0) is 17.4. The van der Waals surface area contributed by atoms with Gasteiger partial charge in [-0.2, -0.15) is 5.10 Å². The van der Waals surface area contributed by atoms with E-state index in [-0.39, 0.29) is 0 Å². The van der Waals surface area contributed by atoms with Crippen LogP contribution in [0.3, 0.4) is 0 Å². The molecule has 0 bridgehead atoms. The molecule has 0 atom stereocenters. The maximum Gasteiger partial charge on any atom is 0.186 e. The molecule has 0 spiro atoms. The first-order valence-electron chi connectivity index (χ1n) is 9.34. The van der Waals surface area contributed by atoms with Crippen LogP contribution < -0.4 is 10.7 Å². The van der Waals surface area contributed by atoms with E-state index in [2.05, 4.69) is 41.5 Å². The largest absolute Gasteiger partial charge is 0.379 e. The standard InChI is InChI=1S/C18H34N4OS/c1-18(2,3)15-5-7-16(8-6-15)20-21-17(24)19-9-4-10-22-11-13-23-14-12-22/h15H,4-14H2,1-3H3,(H2,19,21,24). The van der Waals surface area contributed by atoms with Crippen LogP contribution in [0.15, 0.2) is 5.10 Å². The van der Waals surface area contributed by atoms with Gasteiger partial charge in [-0.15, -0.1) is 0 Å². The van der Waals surface area contributed by atoms with Crippen LogP contribution in [0.1, 0.15) is 52.9 Å². The Bertz CT molecular complexity index is 417. The summed E-state index contributed by atoms with van der Waals surface area (Å²) < 4.78 is 5.36. The summed E-state index contributed by atoms with van der Waals surface area (Å²) in [6, 6.07) is 0. The number of hydrogen-bond acceptors (Lipinski definition) is 4. The zero-order valence-electron chi connectivity index (χ0n) is 15.6. The highest BCUT2D eigenvalue weighted by Gasteiger charge is 2.28. The normalized spacial score (nSPS) is 23.0. The molecule has 0 unspecified atom stereocenters. The van der Waals surface area contributed by atoms with E-state index in [0.717, 1.165) is 64.6 Å². The van der Waals surface area contributed by atoms with Crippen LogP contribution in [0.4, 0.5) is 0 Å². The molecule has 2 rings (SSSR count). The zero-order valence-corrected chi connectivity index (χ0v) is 16.4. The summed E-state index contributed by atoms with van der Waals surface area (Å²) in [5, 5.41) is 8.40. The lowest BCUT2D eigenvalue weighted by molar-refractivity contribution is 0.0376. The number of nitrogens with one attached hydrogen (secondary N) is 2. The molecular weight excluding hydrogens is 320 g/mol. The Hall–Kier alpha value is -0.720. The monoisotopic (exact) mass is 354 g/mol. The second-order valence-electron chi connectivity index (χ2n) is 7.99. The lowest BCUT2D eigenvalue weighted by Gasteiger charge is -2.34. The molecule has 0 aromatic carbocycles. The Morgan fingerprint density at radius 1 is 1.25 bits per heavy atom. The smallest absolute Gasteiger partial charge is 0.186 e. The van der Waals surface area contributed by atoms with Gasteiger partial charge in [0.15, 0.2) is 5.11 Å². The third-order valence-corrected chi connectivity index (χ3v) is 5.38. The van der Waals surface area contributed by atoms with Gasteiger partial charge in [0, 0.05) is 25.3 Å². The van der Waals surface area contributed by atoms with Gasteiger partial charge < -0.3 is 10.1 Å². The minimum Gasteiger partial charge on any atom is -0.379 e. The van der Waals surface area contributed by atoms with Gasteiger partial charge in [0.05, 0.1) is 13.2 Å². The first-order chi connectivity index (χ1) is 11.4. The van der Waals surface area contributed by atoms with Crippen molar-refractivity contribution in [1.82, 2.24) is 15.6 Å². The highest BCUT2D eigenvalue weighted by molar-refractivity contribution is 7.80. The number of morpholine rings is 1. The molecule has 1 aliphatic carbocycles. The average Bonchev–Trinajstić information content (AvgIpc) is 2.57. The van der Waals surface area contributed by atoms with E-state index in [1.54, 1.807) is 0 Å². The molecular formula is C18H34N4OS. The Morgan fingerprint density at radius 3 is 2.54 bits per heavy atom. The molecule has 0 amide bonds. The van der Waals surface area contributed by atoms with Crippen LogP contribution in [0, 0.1) is 11.3 Å². The Labute approximate surface area is 152 Å². The molecule has 0 aromatic heterocycles. The van der Waals surface area contributed by atoms with E-state index >= 15 is 0 Å². The van der Waals surface area contributed by atoms with Crippen molar-refractivity contribution in [3.8, 4) is 0 Å². The quantitative estimate of drug-likeness (QED) is 0.452. The summed E-state index contributed by atoms with van der Waals surface area (Å²) in [5.74, 6) is 0.807. The summed E-state index contributed by atoms with van der Waals surface area (Å²) >= 11 is 5.31. The third-order valence-electron chi connectivity index (χ3n) is 5.14.